The van der Waals surface area contributed by atoms with Gasteiger partial charge in [-0.05, 0) is 6.92 Å². The van der Waals surface area contributed by atoms with Crippen molar-refractivity contribution in [1.82, 2.24) is 9.55 Å². The number of ether oxygens (including phenoxy) is 1. The molecule has 2 rings (SSSR count). The van der Waals surface area contributed by atoms with E-state index in [1.165, 1.54) is 13.1 Å². The van der Waals surface area contributed by atoms with Gasteiger partial charge in [-0.3, -0.25) is 28.0 Å². The number of hydrogen-bond acceptors (Lipinski definition) is 10. The van der Waals surface area contributed by atoms with Gasteiger partial charge in [0, 0.05) is 31.5 Å². The van der Waals surface area contributed by atoms with Crippen molar-refractivity contribution < 1.29 is 46.5 Å². The number of aromatic nitrogens is 2. The van der Waals surface area contributed by atoms with Gasteiger partial charge in [-0.2, -0.15) is 0 Å². The van der Waals surface area contributed by atoms with Crippen LogP contribution in [0.15, 0.2) is 15.8 Å². The zero-order valence-corrected chi connectivity index (χ0v) is 18.2. The molecule has 1 aromatic heterocycles. The van der Waals surface area contributed by atoms with E-state index in [0.29, 0.717) is 13.3 Å². The smallest absolute Gasteiger partial charge is 0.390 e. The van der Waals surface area contributed by atoms with Crippen molar-refractivity contribution in [2.24, 2.45) is 0 Å². The quantitative estimate of drug-likeness (QED) is 0.372. The Bertz CT molecular complexity index is 1010. The largest absolute Gasteiger partial charge is 0.479 e. The average molecular weight is 478 g/mol. The van der Waals surface area contributed by atoms with Crippen LogP contribution >= 0.6 is 23.0 Å². The van der Waals surface area contributed by atoms with Crippen LogP contribution in [0, 0.1) is 6.92 Å². The van der Waals surface area contributed by atoms with Crippen molar-refractivity contribution in [2.45, 2.75) is 31.8 Å². The fourth-order valence-corrected chi connectivity index (χ4v) is 7.12. The van der Waals surface area contributed by atoms with Gasteiger partial charge in [0.1, 0.15) is 12.3 Å². The molecule has 29 heavy (non-hydrogen) atoms. The third kappa shape index (κ3) is 7.08. The van der Waals surface area contributed by atoms with Crippen LogP contribution in [0.3, 0.4) is 0 Å². The standard InChI is InChI=1S/C12H21N2O12P3/c1-7-5-14(12(17)13-11(7)16)10-4-8(15)9(24-10)6-23-29(21,22)26-28(3,20)25-27(2,18)19/h5,8-10,15H,4,6H2,1-3H3,(H,18,19)(H,21,22)(H,13,16,17)/t8-,9-,10-,28?/m1/s1. The van der Waals surface area contributed by atoms with Crippen LogP contribution < -0.4 is 11.2 Å². The molecule has 17 heteroatoms. The summed E-state index contributed by atoms with van der Waals surface area (Å²) in [5, 5.41) is 10.1. The fraction of sp³-hybridized carbons (Fsp3) is 0.667. The zero-order valence-electron chi connectivity index (χ0n) is 15.5. The van der Waals surface area contributed by atoms with Crippen LogP contribution in [0.5, 0.6) is 0 Å². The predicted octanol–water partition coefficient (Wildman–Crippen LogP) is 0.282. The third-order valence-electron chi connectivity index (χ3n) is 3.61. The van der Waals surface area contributed by atoms with Gasteiger partial charge in [0.2, 0.25) is 0 Å². The molecule has 1 aliphatic heterocycles. The van der Waals surface area contributed by atoms with Crippen molar-refractivity contribution in [2.75, 3.05) is 19.9 Å². The van der Waals surface area contributed by atoms with E-state index in [-0.39, 0.29) is 12.0 Å². The Balaban J connectivity index is 2.03. The van der Waals surface area contributed by atoms with Crippen LogP contribution in [-0.4, -0.2) is 56.6 Å². The second-order valence-electron chi connectivity index (χ2n) is 6.41. The van der Waals surface area contributed by atoms with E-state index in [1.54, 1.807) is 0 Å². The lowest BCUT2D eigenvalue weighted by molar-refractivity contribution is -0.0448. The molecule has 1 fully saturated rings. The predicted molar refractivity (Wildman–Crippen MR) is 97.8 cm³/mol. The molecule has 1 saturated heterocycles. The molecule has 166 valence electrons. The number of aryl methyl sites for hydroxylation is 1. The number of H-pyrrole nitrogens is 1. The number of rotatable bonds is 8. The molecular formula is C12H21N2O12P3. The molecule has 14 nitrogen and oxygen atoms in total. The topological polar surface area (TPSA) is 204 Å². The molecule has 1 aromatic rings. The van der Waals surface area contributed by atoms with E-state index < -0.39 is 59.3 Å². The SMILES string of the molecule is Cc1cn([C@H]2C[C@@H](O)[C@@H](COP(=O)(O)OP(C)(=O)OP(C)(=O)O)O2)c(=O)[nH]c1=O. The van der Waals surface area contributed by atoms with Gasteiger partial charge in [0.25, 0.3) is 5.56 Å². The second-order valence-corrected chi connectivity index (χ2v) is 12.1. The van der Waals surface area contributed by atoms with E-state index in [9.17, 15) is 33.3 Å². The number of phosphoric ester groups is 1. The first kappa shape index (κ1) is 24.4. The molecule has 1 aliphatic rings. The minimum absolute atomic E-state index is 0.0884. The number of nitrogens with one attached hydrogen (secondary N) is 1. The molecule has 0 aliphatic carbocycles. The summed E-state index contributed by atoms with van der Waals surface area (Å²) in [5.41, 5.74) is -1.12. The third-order valence-corrected chi connectivity index (χ3v) is 8.50. The highest BCUT2D eigenvalue weighted by Crippen LogP contribution is 2.66. The van der Waals surface area contributed by atoms with Gasteiger partial charge in [0.05, 0.1) is 12.7 Å². The first-order chi connectivity index (χ1) is 13.1. The molecule has 3 unspecified atom stereocenters. The Kier molecular flexibility index (Phi) is 7.29. The first-order valence-corrected chi connectivity index (χ1v) is 13.5. The van der Waals surface area contributed by atoms with Crippen molar-refractivity contribution in [1.29, 1.82) is 0 Å². The van der Waals surface area contributed by atoms with E-state index in [0.717, 1.165) is 4.57 Å². The molecule has 2 heterocycles. The Morgan fingerprint density at radius 1 is 1.24 bits per heavy atom. The molecular weight excluding hydrogens is 457 g/mol. The van der Waals surface area contributed by atoms with Crippen LogP contribution in [0.1, 0.15) is 18.2 Å². The number of hydrogen-bond donors (Lipinski definition) is 4. The second kappa shape index (κ2) is 8.68. The highest BCUT2D eigenvalue weighted by atomic mass is 31.3. The highest BCUT2D eigenvalue weighted by Gasteiger charge is 2.40. The van der Waals surface area contributed by atoms with E-state index in [4.69, 9.17) is 9.63 Å². The molecule has 0 aromatic carbocycles. The summed E-state index contributed by atoms with van der Waals surface area (Å²) >= 11 is 0. The molecule has 4 N–H and O–H groups in total. The van der Waals surface area contributed by atoms with Gasteiger partial charge in [0.15, 0.2) is 0 Å². The number of aliphatic hydroxyl groups is 1. The summed E-state index contributed by atoms with van der Waals surface area (Å²) in [4.78, 5) is 44.1. The maximum absolute atomic E-state index is 11.9. The summed E-state index contributed by atoms with van der Waals surface area (Å²) in [6.45, 7) is 2.17. The summed E-state index contributed by atoms with van der Waals surface area (Å²) in [6.07, 6.45) is -2.21. The van der Waals surface area contributed by atoms with Gasteiger partial charge in [-0.1, -0.05) is 0 Å². The van der Waals surface area contributed by atoms with E-state index >= 15 is 0 Å². The minimum Gasteiger partial charge on any atom is -0.390 e. The van der Waals surface area contributed by atoms with Gasteiger partial charge in [-0.25, -0.2) is 18.0 Å². The lowest BCUT2D eigenvalue weighted by Crippen LogP contribution is -2.33. The molecule has 0 radical (unpaired) electrons. The van der Waals surface area contributed by atoms with E-state index in [1.807, 2.05) is 0 Å². The Labute approximate surface area is 164 Å². The average Bonchev–Trinajstić information content (AvgIpc) is 2.86. The van der Waals surface area contributed by atoms with Gasteiger partial charge >= 0.3 is 28.7 Å². The maximum atomic E-state index is 11.9. The van der Waals surface area contributed by atoms with Gasteiger partial charge < -0.3 is 19.6 Å². The molecule has 0 saturated carbocycles. The minimum atomic E-state index is -5.02. The highest BCUT2D eigenvalue weighted by molar-refractivity contribution is 7.70. The number of nitrogens with zero attached hydrogens (tertiary/aromatic N) is 1. The zero-order chi connectivity index (χ0) is 22.2. The summed E-state index contributed by atoms with van der Waals surface area (Å²) in [7, 11) is -13.7. The normalized spacial score (nSPS) is 28.4. The molecule has 6 atom stereocenters. The monoisotopic (exact) mass is 478 g/mol. The van der Waals surface area contributed by atoms with E-state index in [2.05, 4.69) is 18.1 Å². The van der Waals surface area contributed by atoms with Crippen LogP contribution in [0.2, 0.25) is 0 Å². The van der Waals surface area contributed by atoms with Crippen LogP contribution in [-0.2, 0) is 31.6 Å². The Morgan fingerprint density at radius 3 is 2.45 bits per heavy atom. The number of aromatic amines is 1. The summed E-state index contributed by atoms with van der Waals surface area (Å²) in [6, 6.07) is 0. The maximum Gasteiger partial charge on any atom is 0.479 e. The Hall–Kier alpha value is -0.910. The van der Waals surface area contributed by atoms with Crippen molar-refractivity contribution in [3.05, 3.63) is 32.6 Å². The van der Waals surface area contributed by atoms with Crippen molar-refractivity contribution in [3.8, 4) is 0 Å². The number of phosphoric acid groups is 1. The molecule has 0 amide bonds. The van der Waals surface area contributed by atoms with Crippen LogP contribution in [0.25, 0.3) is 0 Å². The lowest BCUT2D eigenvalue weighted by atomic mass is 10.2. The van der Waals surface area contributed by atoms with Crippen molar-refractivity contribution in [3.63, 3.8) is 0 Å². The number of aliphatic hydroxyl groups excluding tert-OH is 1. The molecule has 0 spiro atoms. The lowest BCUT2D eigenvalue weighted by Gasteiger charge is -2.21. The summed E-state index contributed by atoms with van der Waals surface area (Å²) in [5.74, 6) is 0. The van der Waals surface area contributed by atoms with Crippen LogP contribution in [0.4, 0.5) is 0 Å². The summed E-state index contributed by atoms with van der Waals surface area (Å²) < 4.78 is 54.6. The fourth-order valence-electron chi connectivity index (χ4n) is 2.50. The first-order valence-electron chi connectivity index (χ1n) is 8.02. The van der Waals surface area contributed by atoms with Crippen molar-refractivity contribution >= 4 is 23.0 Å². The Morgan fingerprint density at radius 2 is 1.86 bits per heavy atom. The van der Waals surface area contributed by atoms with Gasteiger partial charge in [-0.15, -0.1) is 0 Å². The molecule has 0 bridgehead atoms.